The molecule has 0 aliphatic carbocycles. The molecule has 0 radical (unpaired) electrons. The predicted molar refractivity (Wildman–Crippen MR) is 72.3 cm³/mol. The van der Waals surface area contributed by atoms with Gasteiger partial charge in [-0.15, -0.1) is 0 Å². The van der Waals surface area contributed by atoms with Crippen molar-refractivity contribution in [1.29, 1.82) is 0 Å². The van der Waals surface area contributed by atoms with E-state index in [4.69, 9.17) is 11.6 Å². The van der Waals surface area contributed by atoms with Crippen molar-refractivity contribution in [3.05, 3.63) is 33.8 Å². The van der Waals surface area contributed by atoms with Gasteiger partial charge in [0.1, 0.15) is 0 Å². The number of benzene rings is 1. The topological polar surface area (TPSA) is 12.0 Å². The summed E-state index contributed by atoms with van der Waals surface area (Å²) in [6.45, 7) is 6.46. The molecular formula is C14H22ClN. The van der Waals surface area contributed by atoms with Crippen LogP contribution in [0.4, 0.5) is 0 Å². The lowest BCUT2D eigenvalue weighted by Gasteiger charge is -2.19. The maximum absolute atomic E-state index is 6.31. The first-order chi connectivity index (χ1) is 7.60. The minimum absolute atomic E-state index is 0.381. The van der Waals surface area contributed by atoms with Gasteiger partial charge in [-0.05, 0) is 50.1 Å². The Labute approximate surface area is 104 Å². The van der Waals surface area contributed by atoms with Gasteiger partial charge in [0, 0.05) is 11.1 Å². The summed E-state index contributed by atoms with van der Waals surface area (Å²) in [5.41, 5.74) is 3.82. The van der Waals surface area contributed by atoms with E-state index in [2.05, 4.69) is 38.2 Å². The van der Waals surface area contributed by atoms with Crippen LogP contribution in [0.1, 0.15) is 48.9 Å². The minimum Gasteiger partial charge on any atom is -0.313 e. The molecule has 1 rings (SSSR count). The van der Waals surface area contributed by atoms with Crippen molar-refractivity contribution in [3.8, 4) is 0 Å². The molecule has 1 nitrogen and oxygen atoms in total. The van der Waals surface area contributed by atoms with Crippen LogP contribution in [0, 0.1) is 13.8 Å². The quantitative estimate of drug-likeness (QED) is 0.803. The zero-order valence-electron chi connectivity index (χ0n) is 10.7. The first kappa shape index (κ1) is 13.5. The van der Waals surface area contributed by atoms with Crippen molar-refractivity contribution in [2.75, 3.05) is 7.05 Å². The largest absolute Gasteiger partial charge is 0.313 e. The molecule has 16 heavy (non-hydrogen) atoms. The molecule has 0 amide bonds. The lowest BCUT2D eigenvalue weighted by atomic mass is 9.97. The molecule has 0 aliphatic rings. The Morgan fingerprint density at radius 1 is 1.25 bits per heavy atom. The number of hydrogen-bond donors (Lipinski definition) is 1. The molecule has 0 aromatic heterocycles. The molecule has 0 aliphatic heterocycles. The Morgan fingerprint density at radius 2 is 1.88 bits per heavy atom. The highest BCUT2D eigenvalue weighted by atomic mass is 35.5. The summed E-state index contributed by atoms with van der Waals surface area (Å²) >= 11 is 6.31. The fourth-order valence-electron chi connectivity index (χ4n) is 1.93. The van der Waals surface area contributed by atoms with E-state index in [0.29, 0.717) is 6.04 Å². The van der Waals surface area contributed by atoms with Gasteiger partial charge >= 0.3 is 0 Å². The van der Waals surface area contributed by atoms with Gasteiger partial charge in [-0.2, -0.15) is 0 Å². The number of nitrogens with one attached hydrogen (secondary N) is 1. The van der Waals surface area contributed by atoms with Gasteiger partial charge < -0.3 is 5.32 Å². The molecule has 1 unspecified atom stereocenters. The van der Waals surface area contributed by atoms with Crippen LogP contribution in [-0.2, 0) is 0 Å². The van der Waals surface area contributed by atoms with E-state index in [9.17, 15) is 0 Å². The van der Waals surface area contributed by atoms with Gasteiger partial charge in [0.05, 0.1) is 0 Å². The van der Waals surface area contributed by atoms with Crippen molar-refractivity contribution < 1.29 is 0 Å². The van der Waals surface area contributed by atoms with Crippen molar-refractivity contribution in [3.63, 3.8) is 0 Å². The first-order valence-electron chi connectivity index (χ1n) is 6.04. The molecule has 2 heteroatoms. The third-order valence-corrected chi connectivity index (χ3v) is 3.51. The van der Waals surface area contributed by atoms with Crippen LogP contribution in [0.3, 0.4) is 0 Å². The highest BCUT2D eigenvalue weighted by molar-refractivity contribution is 6.31. The molecule has 0 saturated carbocycles. The van der Waals surface area contributed by atoms with E-state index in [-0.39, 0.29) is 0 Å². The van der Waals surface area contributed by atoms with Crippen molar-refractivity contribution in [2.24, 2.45) is 0 Å². The van der Waals surface area contributed by atoms with Crippen LogP contribution < -0.4 is 5.32 Å². The summed E-state index contributed by atoms with van der Waals surface area (Å²) in [4.78, 5) is 0. The normalized spacial score (nSPS) is 12.8. The first-order valence-corrected chi connectivity index (χ1v) is 6.41. The molecular weight excluding hydrogens is 218 g/mol. The average molecular weight is 240 g/mol. The van der Waals surface area contributed by atoms with E-state index >= 15 is 0 Å². The van der Waals surface area contributed by atoms with Crippen LogP contribution >= 0.6 is 11.6 Å². The Bertz CT molecular complexity index is 347. The third kappa shape index (κ3) is 3.23. The fourth-order valence-corrected chi connectivity index (χ4v) is 2.28. The van der Waals surface area contributed by atoms with Gasteiger partial charge in [0.25, 0.3) is 0 Å². The zero-order valence-corrected chi connectivity index (χ0v) is 11.5. The molecule has 1 N–H and O–H groups in total. The fraction of sp³-hybridized carbons (Fsp3) is 0.571. The van der Waals surface area contributed by atoms with Crippen LogP contribution in [0.2, 0.25) is 5.02 Å². The Hall–Kier alpha value is -0.530. The standard InChI is InChI=1S/C14H22ClN/c1-5-6-7-14(16-4)12-8-10(2)11(3)9-13(12)15/h8-9,14,16H,5-7H2,1-4H3. The second-order valence-corrected chi connectivity index (χ2v) is 4.85. The van der Waals surface area contributed by atoms with E-state index < -0.39 is 0 Å². The van der Waals surface area contributed by atoms with Gasteiger partial charge in [-0.25, -0.2) is 0 Å². The molecule has 1 aromatic rings. The molecule has 1 atom stereocenters. The number of rotatable bonds is 5. The molecule has 0 bridgehead atoms. The Kier molecular flexibility index (Phi) is 5.30. The minimum atomic E-state index is 0.381. The average Bonchev–Trinajstić information content (AvgIpc) is 2.26. The van der Waals surface area contributed by atoms with Crippen LogP contribution in [0.25, 0.3) is 0 Å². The van der Waals surface area contributed by atoms with Crippen LogP contribution in [-0.4, -0.2) is 7.05 Å². The monoisotopic (exact) mass is 239 g/mol. The second-order valence-electron chi connectivity index (χ2n) is 4.44. The maximum atomic E-state index is 6.31. The zero-order chi connectivity index (χ0) is 12.1. The smallest absolute Gasteiger partial charge is 0.0456 e. The molecule has 0 fully saturated rings. The third-order valence-electron chi connectivity index (χ3n) is 3.18. The number of halogens is 1. The molecule has 90 valence electrons. The van der Waals surface area contributed by atoms with Gasteiger partial charge in [0.15, 0.2) is 0 Å². The molecule has 0 heterocycles. The van der Waals surface area contributed by atoms with Crippen LogP contribution in [0.5, 0.6) is 0 Å². The molecule has 0 spiro atoms. The SMILES string of the molecule is CCCCC(NC)c1cc(C)c(C)cc1Cl. The number of hydrogen-bond acceptors (Lipinski definition) is 1. The highest BCUT2D eigenvalue weighted by Gasteiger charge is 2.13. The van der Waals surface area contributed by atoms with Crippen molar-refractivity contribution in [2.45, 2.75) is 46.1 Å². The lowest BCUT2D eigenvalue weighted by molar-refractivity contribution is 0.522. The summed E-state index contributed by atoms with van der Waals surface area (Å²) in [6, 6.07) is 4.67. The lowest BCUT2D eigenvalue weighted by Crippen LogP contribution is -2.17. The molecule has 1 aromatic carbocycles. The van der Waals surface area contributed by atoms with Gasteiger partial charge in [-0.3, -0.25) is 0 Å². The maximum Gasteiger partial charge on any atom is 0.0456 e. The van der Waals surface area contributed by atoms with Gasteiger partial charge in [0.2, 0.25) is 0 Å². The predicted octanol–water partition coefficient (Wildman–Crippen LogP) is 4.41. The summed E-state index contributed by atoms with van der Waals surface area (Å²) in [6.07, 6.45) is 3.60. The van der Waals surface area contributed by atoms with E-state index in [1.807, 2.05) is 7.05 Å². The van der Waals surface area contributed by atoms with Gasteiger partial charge in [-0.1, -0.05) is 37.4 Å². The highest BCUT2D eigenvalue weighted by Crippen LogP contribution is 2.29. The summed E-state index contributed by atoms with van der Waals surface area (Å²) in [7, 11) is 2.01. The summed E-state index contributed by atoms with van der Waals surface area (Å²) in [5.74, 6) is 0. The number of aryl methyl sites for hydroxylation is 2. The van der Waals surface area contributed by atoms with E-state index in [1.54, 1.807) is 0 Å². The second kappa shape index (κ2) is 6.27. The van der Waals surface area contributed by atoms with Crippen molar-refractivity contribution in [1.82, 2.24) is 5.32 Å². The van der Waals surface area contributed by atoms with Crippen molar-refractivity contribution >= 4 is 11.6 Å². The van der Waals surface area contributed by atoms with E-state index in [0.717, 1.165) is 11.4 Å². The summed E-state index contributed by atoms with van der Waals surface area (Å²) in [5, 5.41) is 4.24. The Morgan fingerprint density at radius 3 is 2.44 bits per heavy atom. The number of unbranched alkanes of at least 4 members (excludes halogenated alkanes) is 1. The van der Waals surface area contributed by atoms with E-state index in [1.165, 1.54) is 29.5 Å². The van der Waals surface area contributed by atoms with Crippen LogP contribution in [0.15, 0.2) is 12.1 Å². The molecule has 0 saturated heterocycles. The summed E-state index contributed by atoms with van der Waals surface area (Å²) < 4.78 is 0. The Balaban J connectivity index is 2.95.